The van der Waals surface area contributed by atoms with Gasteiger partial charge in [0.15, 0.2) is 0 Å². The SMILES string of the molecule is CC1C(O)CCCN1CC(O)CCl. The third-order valence-corrected chi connectivity index (χ3v) is 3.06. The van der Waals surface area contributed by atoms with Crippen molar-refractivity contribution in [1.82, 2.24) is 4.90 Å². The Morgan fingerprint density at radius 2 is 2.31 bits per heavy atom. The first-order chi connectivity index (χ1) is 6.15. The van der Waals surface area contributed by atoms with Gasteiger partial charge in [0.2, 0.25) is 0 Å². The Morgan fingerprint density at radius 1 is 1.62 bits per heavy atom. The van der Waals surface area contributed by atoms with Crippen LogP contribution in [0.3, 0.4) is 0 Å². The Hall–Kier alpha value is 0.170. The molecule has 0 spiro atoms. The molecule has 1 aliphatic heterocycles. The number of aliphatic hydroxyl groups excluding tert-OH is 2. The van der Waals surface area contributed by atoms with E-state index in [0.29, 0.717) is 6.54 Å². The second kappa shape index (κ2) is 5.15. The summed E-state index contributed by atoms with van der Waals surface area (Å²) in [6, 6.07) is 0.145. The topological polar surface area (TPSA) is 43.7 Å². The van der Waals surface area contributed by atoms with Crippen molar-refractivity contribution in [2.24, 2.45) is 0 Å². The predicted molar refractivity (Wildman–Crippen MR) is 53.0 cm³/mol. The Labute approximate surface area is 84.3 Å². The van der Waals surface area contributed by atoms with Gasteiger partial charge in [-0.15, -0.1) is 11.6 Å². The highest BCUT2D eigenvalue weighted by molar-refractivity contribution is 6.18. The fourth-order valence-electron chi connectivity index (χ4n) is 1.77. The van der Waals surface area contributed by atoms with Gasteiger partial charge < -0.3 is 10.2 Å². The van der Waals surface area contributed by atoms with Gasteiger partial charge in [0, 0.05) is 18.5 Å². The van der Waals surface area contributed by atoms with Crippen molar-refractivity contribution in [2.45, 2.75) is 38.0 Å². The summed E-state index contributed by atoms with van der Waals surface area (Å²) in [7, 11) is 0. The molecule has 1 rings (SSSR count). The van der Waals surface area contributed by atoms with Crippen molar-refractivity contribution in [3.8, 4) is 0 Å². The van der Waals surface area contributed by atoms with Crippen LogP contribution in [0.4, 0.5) is 0 Å². The van der Waals surface area contributed by atoms with E-state index in [-0.39, 0.29) is 18.0 Å². The highest BCUT2D eigenvalue weighted by Gasteiger charge is 2.27. The van der Waals surface area contributed by atoms with E-state index in [0.717, 1.165) is 19.4 Å². The Balaban J connectivity index is 2.39. The number of hydrogen-bond donors (Lipinski definition) is 2. The first-order valence-corrected chi connectivity index (χ1v) is 5.34. The summed E-state index contributed by atoms with van der Waals surface area (Å²) in [6.45, 7) is 3.51. The first kappa shape index (κ1) is 11.2. The molecule has 1 fully saturated rings. The van der Waals surface area contributed by atoms with Crippen molar-refractivity contribution >= 4 is 11.6 Å². The minimum absolute atomic E-state index is 0.145. The highest BCUT2D eigenvalue weighted by Crippen LogP contribution is 2.17. The van der Waals surface area contributed by atoms with E-state index < -0.39 is 6.10 Å². The zero-order chi connectivity index (χ0) is 9.84. The molecule has 3 nitrogen and oxygen atoms in total. The number of rotatable bonds is 3. The molecule has 1 aliphatic rings. The van der Waals surface area contributed by atoms with Gasteiger partial charge in [0.1, 0.15) is 0 Å². The largest absolute Gasteiger partial charge is 0.392 e. The average Bonchev–Trinajstić information content (AvgIpc) is 2.13. The number of likely N-dealkylation sites (tertiary alicyclic amines) is 1. The predicted octanol–water partition coefficient (Wildman–Crippen LogP) is 0.431. The number of β-amino-alcohol motifs (C(OH)–C–C–N with tert-alkyl or cyclic N) is 1. The molecule has 0 aromatic rings. The molecule has 13 heavy (non-hydrogen) atoms. The van der Waals surface area contributed by atoms with Gasteiger partial charge in [0.25, 0.3) is 0 Å². The molecule has 4 heteroatoms. The molecule has 0 bridgehead atoms. The number of piperidine rings is 1. The van der Waals surface area contributed by atoms with Crippen LogP contribution in [0.15, 0.2) is 0 Å². The summed E-state index contributed by atoms with van der Waals surface area (Å²) in [5.74, 6) is 0.263. The maximum Gasteiger partial charge on any atom is 0.0802 e. The zero-order valence-corrected chi connectivity index (χ0v) is 8.74. The molecule has 0 saturated carbocycles. The average molecular weight is 208 g/mol. The second-order valence-corrected chi connectivity index (χ2v) is 4.06. The lowest BCUT2D eigenvalue weighted by molar-refractivity contribution is 0.000448. The maximum absolute atomic E-state index is 9.58. The molecule has 3 atom stereocenters. The van der Waals surface area contributed by atoms with Gasteiger partial charge >= 0.3 is 0 Å². The normalized spacial score (nSPS) is 33.2. The van der Waals surface area contributed by atoms with Crippen LogP contribution in [-0.4, -0.2) is 52.3 Å². The molecule has 78 valence electrons. The smallest absolute Gasteiger partial charge is 0.0802 e. The fraction of sp³-hybridized carbons (Fsp3) is 1.00. The van der Waals surface area contributed by atoms with Gasteiger partial charge in [-0.2, -0.15) is 0 Å². The van der Waals surface area contributed by atoms with Crippen LogP contribution in [-0.2, 0) is 0 Å². The summed E-state index contributed by atoms with van der Waals surface area (Å²) >= 11 is 5.52. The van der Waals surface area contributed by atoms with Gasteiger partial charge in [-0.1, -0.05) is 0 Å². The minimum atomic E-state index is -0.477. The number of halogens is 1. The molecule has 0 aliphatic carbocycles. The minimum Gasteiger partial charge on any atom is -0.392 e. The van der Waals surface area contributed by atoms with Gasteiger partial charge in [0.05, 0.1) is 12.2 Å². The summed E-state index contributed by atoms with van der Waals surface area (Å²) in [4.78, 5) is 2.10. The number of alkyl halides is 1. The molecule has 0 amide bonds. The van der Waals surface area contributed by atoms with E-state index in [2.05, 4.69) is 4.90 Å². The van der Waals surface area contributed by atoms with Gasteiger partial charge in [-0.3, -0.25) is 4.90 Å². The molecule has 0 aromatic carbocycles. The van der Waals surface area contributed by atoms with E-state index in [1.54, 1.807) is 0 Å². The monoisotopic (exact) mass is 207 g/mol. The van der Waals surface area contributed by atoms with Crippen molar-refractivity contribution in [2.75, 3.05) is 19.0 Å². The Kier molecular flexibility index (Phi) is 4.46. The van der Waals surface area contributed by atoms with E-state index in [1.165, 1.54) is 0 Å². The summed E-state index contributed by atoms with van der Waals surface area (Å²) in [6.07, 6.45) is 1.14. The van der Waals surface area contributed by atoms with E-state index in [4.69, 9.17) is 11.6 Å². The van der Waals surface area contributed by atoms with Crippen LogP contribution < -0.4 is 0 Å². The highest BCUT2D eigenvalue weighted by atomic mass is 35.5. The molecular weight excluding hydrogens is 190 g/mol. The van der Waals surface area contributed by atoms with Crippen LogP contribution >= 0.6 is 11.6 Å². The van der Waals surface area contributed by atoms with Crippen LogP contribution in [0, 0.1) is 0 Å². The number of aliphatic hydroxyl groups is 2. The third kappa shape index (κ3) is 3.09. The lowest BCUT2D eigenvalue weighted by atomic mass is 10.00. The molecule has 0 radical (unpaired) electrons. The molecule has 0 aromatic heterocycles. The number of hydrogen-bond acceptors (Lipinski definition) is 3. The quantitative estimate of drug-likeness (QED) is 0.660. The van der Waals surface area contributed by atoms with Crippen LogP contribution in [0.1, 0.15) is 19.8 Å². The molecule has 3 unspecified atom stereocenters. The van der Waals surface area contributed by atoms with Crippen molar-refractivity contribution in [1.29, 1.82) is 0 Å². The lowest BCUT2D eigenvalue weighted by Gasteiger charge is -2.37. The molecule has 2 N–H and O–H groups in total. The maximum atomic E-state index is 9.58. The van der Waals surface area contributed by atoms with Crippen molar-refractivity contribution in [3.05, 3.63) is 0 Å². The number of nitrogens with zero attached hydrogens (tertiary/aromatic N) is 1. The van der Waals surface area contributed by atoms with Crippen LogP contribution in [0.25, 0.3) is 0 Å². The summed E-state index contributed by atoms with van der Waals surface area (Å²) in [5.41, 5.74) is 0. The van der Waals surface area contributed by atoms with Gasteiger partial charge in [-0.25, -0.2) is 0 Å². The van der Waals surface area contributed by atoms with Crippen molar-refractivity contribution in [3.63, 3.8) is 0 Å². The lowest BCUT2D eigenvalue weighted by Crippen LogP contribution is -2.49. The van der Waals surface area contributed by atoms with Crippen LogP contribution in [0.5, 0.6) is 0 Å². The van der Waals surface area contributed by atoms with Crippen LogP contribution in [0.2, 0.25) is 0 Å². The summed E-state index contributed by atoms with van der Waals surface area (Å²) < 4.78 is 0. The first-order valence-electron chi connectivity index (χ1n) is 4.81. The molecular formula is C9H18ClNO2. The third-order valence-electron chi connectivity index (χ3n) is 2.70. The van der Waals surface area contributed by atoms with Crippen molar-refractivity contribution < 1.29 is 10.2 Å². The standard InChI is InChI=1S/C9H18ClNO2/c1-7-9(13)3-2-4-11(7)6-8(12)5-10/h7-9,12-13H,2-6H2,1H3. The van der Waals surface area contributed by atoms with E-state index >= 15 is 0 Å². The summed E-state index contributed by atoms with van der Waals surface area (Å²) in [5, 5.41) is 18.9. The fourth-order valence-corrected chi connectivity index (χ4v) is 1.87. The molecule has 1 heterocycles. The van der Waals surface area contributed by atoms with E-state index in [9.17, 15) is 10.2 Å². The Morgan fingerprint density at radius 3 is 2.92 bits per heavy atom. The zero-order valence-electron chi connectivity index (χ0n) is 7.99. The second-order valence-electron chi connectivity index (χ2n) is 3.75. The molecule has 1 saturated heterocycles. The Bertz CT molecular complexity index is 157. The van der Waals surface area contributed by atoms with Gasteiger partial charge in [-0.05, 0) is 26.3 Å². The van der Waals surface area contributed by atoms with E-state index in [1.807, 2.05) is 6.92 Å².